The minimum absolute atomic E-state index is 0.554. The molecular weight excluding hydrogens is 388 g/mol. The van der Waals surface area contributed by atoms with Gasteiger partial charge in [0.05, 0.1) is 12.2 Å². The Morgan fingerprint density at radius 3 is 2.62 bits per heavy atom. The van der Waals surface area contributed by atoms with Gasteiger partial charge in [0.25, 0.3) is 0 Å². The molecule has 0 amide bonds. The Balaban J connectivity index is 1.51. The number of benzene rings is 2. The molecule has 1 aliphatic rings. The van der Waals surface area contributed by atoms with E-state index in [4.69, 9.17) is 4.74 Å². The van der Waals surface area contributed by atoms with Crippen molar-refractivity contribution in [1.29, 1.82) is 0 Å². The highest BCUT2D eigenvalue weighted by molar-refractivity contribution is 9.10. The maximum absolute atomic E-state index is 6.00. The SMILES string of the molecule is Brc1cc(OCc2ccccc2)cc(-c2cnn(C3CCCCC3)c2)c1. The predicted molar refractivity (Wildman–Crippen MR) is 108 cm³/mol. The number of halogens is 1. The first-order valence-corrected chi connectivity index (χ1v) is 10.1. The highest BCUT2D eigenvalue weighted by Crippen LogP contribution is 2.32. The lowest BCUT2D eigenvalue weighted by Gasteiger charge is -2.21. The fourth-order valence-corrected chi connectivity index (χ4v) is 4.06. The van der Waals surface area contributed by atoms with Crippen LogP contribution in [0, 0.1) is 0 Å². The van der Waals surface area contributed by atoms with Gasteiger partial charge in [-0.1, -0.05) is 65.5 Å². The Hall–Kier alpha value is -2.07. The number of aromatic nitrogens is 2. The fourth-order valence-electron chi connectivity index (χ4n) is 3.59. The molecule has 3 aromatic rings. The van der Waals surface area contributed by atoms with Crippen LogP contribution in [0.2, 0.25) is 0 Å². The van der Waals surface area contributed by atoms with E-state index in [0.717, 1.165) is 21.3 Å². The van der Waals surface area contributed by atoms with Crippen molar-refractivity contribution in [1.82, 2.24) is 9.78 Å². The molecule has 0 unspecified atom stereocenters. The smallest absolute Gasteiger partial charge is 0.121 e. The van der Waals surface area contributed by atoms with Crippen molar-refractivity contribution in [3.8, 4) is 16.9 Å². The van der Waals surface area contributed by atoms with E-state index in [1.54, 1.807) is 0 Å². The Labute approximate surface area is 163 Å². The molecular formula is C22H23BrN2O. The number of hydrogen-bond donors (Lipinski definition) is 0. The highest BCUT2D eigenvalue weighted by atomic mass is 79.9. The molecule has 134 valence electrons. The van der Waals surface area contributed by atoms with E-state index < -0.39 is 0 Å². The van der Waals surface area contributed by atoms with Gasteiger partial charge >= 0.3 is 0 Å². The quantitative estimate of drug-likeness (QED) is 0.486. The summed E-state index contributed by atoms with van der Waals surface area (Å²) in [5, 5.41) is 4.63. The average molecular weight is 411 g/mol. The zero-order valence-electron chi connectivity index (χ0n) is 14.8. The third-order valence-corrected chi connectivity index (χ3v) is 5.46. The maximum Gasteiger partial charge on any atom is 0.121 e. The summed E-state index contributed by atoms with van der Waals surface area (Å²) in [4.78, 5) is 0. The molecule has 1 heterocycles. The first kappa shape index (κ1) is 17.3. The molecule has 1 saturated carbocycles. The van der Waals surface area contributed by atoms with Crippen LogP contribution in [-0.4, -0.2) is 9.78 Å². The van der Waals surface area contributed by atoms with Gasteiger partial charge in [-0.05, 0) is 42.2 Å². The Morgan fingerprint density at radius 2 is 1.81 bits per heavy atom. The lowest BCUT2D eigenvalue weighted by Crippen LogP contribution is -2.12. The summed E-state index contributed by atoms with van der Waals surface area (Å²) in [6, 6.07) is 17.0. The lowest BCUT2D eigenvalue weighted by atomic mass is 9.96. The minimum atomic E-state index is 0.554. The summed E-state index contributed by atoms with van der Waals surface area (Å²) in [5.74, 6) is 0.864. The van der Waals surface area contributed by atoms with Crippen LogP contribution in [-0.2, 0) is 6.61 Å². The zero-order chi connectivity index (χ0) is 17.8. The number of ether oxygens (including phenoxy) is 1. The van der Waals surface area contributed by atoms with Crippen LogP contribution in [0.25, 0.3) is 11.1 Å². The van der Waals surface area contributed by atoms with Crippen molar-refractivity contribution in [2.45, 2.75) is 44.8 Å². The van der Waals surface area contributed by atoms with E-state index in [9.17, 15) is 0 Å². The molecule has 0 radical (unpaired) electrons. The molecule has 3 nitrogen and oxygen atoms in total. The largest absolute Gasteiger partial charge is 0.489 e. The van der Waals surface area contributed by atoms with Crippen molar-refractivity contribution >= 4 is 15.9 Å². The molecule has 0 atom stereocenters. The summed E-state index contributed by atoms with van der Waals surface area (Å²) < 4.78 is 9.17. The van der Waals surface area contributed by atoms with Gasteiger partial charge in [-0.15, -0.1) is 0 Å². The molecule has 1 aliphatic carbocycles. The van der Waals surface area contributed by atoms with Gasteiger partial charge in [0.1, 0.15) is 12.4 Å². The van der Waals surface area contributed by atoms with Crippen LogP contribution >= 0.6 is 15.9 Å². The van der Waals surface area contributed by atoms with Crippen molar-refractivity contribution in [3.63, 3.8) is 0 Å². The molecule has 26 heavy (non-hydrogen) atoms. The number of rotatable bonds is 5. The molecule has 0 spiro atoms. The van der Waals surface area contributed by atoms with Crippen molar-refractivity contribution in [2.24, 2.45) is 0 Å². The second-order valence-electron chi connectivity index (χ2n) is 6.95. The summed E-state index contributed by atoms with van der Waals surface area (Å²) >= 11 is 3.61. The van der Waals surface area contributed by atoms with Crippen molar-refractivity contribution in [2.75, 3.05) is 0 Å². The van der Waals surface area contributed by atoms with E-state index in [-0.39, 0.29) is 0 Å². The summed E-state index contributed by atoms with van der Waals surface area (Å²) in [7, 11) is 0. The van der Waals surface area contributed by atoms with Crippen LogP contribution < -0.4 is 4.74 Å². The molecule has 0 aliphatic heterocycles. The molecule has 1 fully saturated rings. The second-order valence-corrected chi connectivity index (χ2v) is 7.87. The van der Waals surface area contributed by atoms with Gasteiger partial charge in [-0.25, -0.2) is 0 Å². The summed E-state index contributed by atoms with van der Waals surface area (Å²) in [6.07, 6.45) is 10.6. The van der Waals surface area contributed by atoms with Crippen LogP contribution in [0.1, 0.15) is 43.7 Å². The lowest BCUT2D eigenvalue weighted by molar-refractivity contribution is 0.306. The van der Waals surface area contributed by atoms with Crippen LogP contribution in [0.5, 0.6) is 5.75 Å². The minimum Gasteiger partial charge on any atom is -0.489 e. The average Bonchev–Trinajstić information content (AvgIpc) is 3.18. The predicted octanol–water partition coefficient (Wildman–Crippen LogP) is 6.40. The fraction of sp³-hybridized carbons (Fsp3) is 0.318. The van der Waals surface area contributed by atoms with E-state index in [0.29, 0.717) is 12.6 Å². The highest BCUT2D eigenvalue weighted by Gasteiger charge is 2.16. The van der Waals surface area contributed by atoms with E-state index in [2.05, 4.69) is 56.2 Å². The molecule has 0 saturated heterocycles. The second kappa shape index (κ2) is 8.09. The van der Waals surface area contributed by atoms with E-state index in [1.165, 1.54) is 37.7 Å². The van der Waals surface area contributed by atoms with Gasteiger partial charge in [-0.2, -0.15) is 5.10 Å². The van der Waals surface area contributed by atoms with E-state index in [1.807, 2.05) is 30.5 Å². The molecule has 2 aromatic carbocycles. The summed E-state index contributed by atoms with van der Waals surface area (Å²) in [5.41, 5.74) is 3.44. The van der Waals surface area contributed by atoms with Crippen molar-refractivity contribution < 1.29 is 4.74 Å². The molecule has 4 heteroatoms. The van der Waals surface area contributed by atoms with Gasteiger partial charge in [0, 0.05) is 16.2 Å². The Bertz CT molecular complexity index is 854. The Kier molecular flexibility index (Phi) is 5.40. The van der Waals surface area contributed by atoms with E-state index >= 15 is 0 Å². The van der Waals surface area contributed by atoms with Gasteiger partial charge in [-0.3, -0.25) is 4.68 Å². The zero-order valence-corrected chi connectivity index (χ0v) is 16.4. The van der Waals surface area contributed by atoms with Gasteiger partial charge in [0.15, 0.2) is 0 Å². The third-order valence-electron chi connectivity index (χ3n) is 5.00. The normalized spacial score (nSPS) is 15.1. The monoisotopic (exact) mass is 410 g/mol. The van der Waals surface area contributed by atoms with Crippen LogP contribution in [0.4, 0.5) is 0 Å². The third kappa shape index (κ3) is 4.18. The number of nitrogens with zero attached hydrogens (tertiary/aromatic N) is 2. The van der Waals surface area contributed by atoms with Crippen molar-refractivity contribution in [3.05, 3.63) is 71.0 Å². The molecule has 1 aromatic heterocycles. The topological polar surface area (TPSA) is 27.1 Å². The number of hydrogen-bond acceptors (Lipinski definition) is 2. The van der Waals surface area contributed by atoms with Gasteiger partial charge in [0.2, 0.25) is 0 Å². The van der Waals surface area contributed by atoms with Crippen LogP contribution in [0.15, 0.2) is 65.4 Å². The molecule has 4 rings (SSSR count). The summed E-state index contributed by atoms with van der Waals surface area (Å²) in [6.45, 7) is 0.568. The first-order valence-electron chi connectivity index (χ1n) is 9.30. The Morgan fingerprint density at radius 1 is 1.00 bits per heavy atom. The van der Waals surface area contributed by atoms with Crippen LogP contribution in [0.3, 0.4) is 0 Å². The molecule has 0 N–H and O–H groups in total. The first-order chi connectivity index (χ1) is 12.8. The maximum atomic E-state index is 6.00. The molecule has 0 bridgehead atoms. The standard InChI is InChI=1S/C22H23BrN2O/c23-20-11-18(12-22(13-20)26-16-17-7-3-1-4-8-17)19-14-24-25(15-19)21-9-5-2-6-10-21/h1,3-4,7-8,11-15,21H,2,5-6,9-10,16H2. The van der Waals surface area contributed by atoms with Gasteiger partial charge < -0.3 is 4.74 Å².